The van der Waals surface area contributed by atoms with Gasteiger partial charge in [-0.1, -0.05) is 6.07 Å². The molecule has 2 saturated heterocycles. The third kappa shape index (κ3) is 2.83. The van der Waals surface area contributed by atoms with Crippen molar-refractivity contribution < 1.29 is 8.95 Å². The van der Waals surface area contributed by atoms with Gasteiger partial charge in [-0.3, -0.25) is 0 Å². The van der Waals surface area contributed by atoms with Crippen LogP contribution in [0.3, 0.4) is 0 Å². The van der Waals surface area contributed by atoms with Crippen molar-refractivity contribution >= 4 is 26.6 Å². The summed E-state index contributed by atoms with van der Waals surface area (Å²) in [7, 11) is -0.904. The molecule has 0 saturated carbocycles. The molecular formula is C17H23N5O2S. The molecule has 1 aromatic heterocycles. The molecule has 25 heavy (non-hydrogen) atoms. The molecule has 0 bridgehead atoms. The van der Waals surface area contributed by atoms with E-state index >= 15 is 0 Å². The number of fused-ring (bicyclic) bond motifs is 1. The lowest BCUT2D eigenvalue weighted by molar-refractivity contribution is 0.0466. The van der Waals surface area contributed by atoms with Gasteiger partial charge in [0.15, 0.2) is 0 Å². The van der Waals surface area contributed by atoms with E-state index in [1.165, 1.54) is 6.26 Å². The fraction of sp³-hybridized carbons (Fsp3) is 0.529. The van der Waals surface area contributed by atoms with E-state index in [0.717, 1.165) is 61.5 Å². The molecule has 0 amide bonds. The van der Waals surface area contributed by atoms with Gasteiger partial charge in [-0.25, -0.2) is 23.3 Å². The minimum absolute atomic E-state index is 0.219. The van der Waals surface area contributed by atoms with Crippen LogP contribution in [0, 0.1) is 10.2 Å². The highest BCUT2D eigenvalue weighted by Crippen LogP contribution is 2.43. The van der Waals surface area contributed by atoms with Crippen molar-refractivity contribution in [1.82, 2.24) is 14.3 Å². The van der Waals surface area contributed by atoms with Gasteiger partial charge in [-0.15, -0.1) is 0 Å². The van der Waals surface area contributed by atoms with E-state index in [2.05, 4.69) is 14.9 Å². The summed E-state index contributed by atoms with van der Waals surface area (Å²) in [6.07, 6.45) is 5.18. The Morgan fingerprint density at radius 1 is 1.24 bits per heavy atom. The van der Waals surface area contributed by atoms with Crippen LogP contribution in [0.1, 0.15) is 12.8 Å². The van der Waals surface area contributed by atoms with Crippen LogP contribution in [-0.2, 0) is 9.92 Å². The van der Waals surface area contributed by atoms with Crippen molar-refractivity contribution in [3.63, 3.8) is 0 Å². The zero-order chi connectivity index (χ0) is 17.7. The zero-order valence-corrected chi connectivity index (χ0v) is 15.4. The SMILES string of the molecule is COc1cccc2c(N3CCC4(CC3)CN(S(C)(=N)=O)C4)ncnc12. The molecule has 2 fully saturated rings. The Hall–Kier alpha value is -1.93. The minimum Gasteiger partial charge on any atom is -0.494 e. The van der Waals surface area contributed by atoms with Gasteiger partial charge in [-0.05, 0) is 25.0 Å². The summed E-state index contributed by atoms with van der Waals surface area (Å²) in [6.45, 7) is 3.39. The number of para-hydroxylation sites is 1. The molecule has 2 aliphatic heterocycles. The Kier molecular flexibility index (Phi) is 3.84. The number of nitrogens with one attached hydrogen (secondary N) is 1. The molecule has 1 atom stereocenters. The molecule has 8 heteroatoms. The average molecular weight is 361 g/mol. The average Bonchev–Trinajstić information content (AvgIpc) is 2.58. The van der Waals surface area contributed by atoms with Gasteiger partial charge in [0.05, 0.1) is 7.11 Å². The first-order valence-electron chi connectivity index (χ1n) is 8.43. The fourth-order valence-electron chi connectivity index (χ4n) is 3.92. The number of rotatable bonds is 3. The molecule has 1 spiro atoms. The Bertz CT molecular complexity index is 898. The zero-order valence-electron chi connectivity index (χ0n) is 14.6. The lowest BCUT2D eigenvalue weighted by atomic mass is 9.73. The van der Waals surface area contributed by atoms with E-state index in [1.807, 2.05) is 18.2 Å². The number of benzene rings is 1. The molecule has 0 radical (unpaired) electrons. The van der Waals surface area contributed by atoms with Crippen LogP contribution >= 0.6 is 0 Å². The van der Waals surface area contributed by atoms with E-state index in [-0.39, 0.29) is 5.41 Å². The number of methoxy groups -OCH3 is 1. The first-order valence-corrected chi connectivity index (χ1v) is 10.4. The number of hydrogen-bond donors (Lipinski definition) is 1. The number of nitrogens with zero attached hydrogens (tertiary/aromatic N) is 4. The lowest BCUT2D eigenvalue weighted by Gasteiger charge is -2.53. The maximum atomic E-state index is 11.8. The summed E-state index contributed by atoms with van der Waals surface area (Å²) >= 11 is 0. The Morgan fingerprint density at radius 2 is 1.96 bits per heavy atom. The highest BCUT2D eigenvalue weighted by molar-refractivity contribution is 7.89. The second-order valence-corrected chi connectivity index (χ2v) is 9.26. The normalized spacial score (nSPS) is 22.6. The Balaban J connectivity index is 1.53. The Labute approximate surface area is 148 Å². The first-order chi connectivity index (χ1) is 11.9. The van der Waals surface area contributed by atoms with Gasteiger partial charge in [-0.2, -0.15) is 0 Å². The smallest absolute Gasteiger partial charge is 0.145 e. The quantitative estimate of drug-likeness (QED) is 0.906. The van der Waals surface area contributed by atoms with Crippen LogP contribution in [0.2, 0.25) is 0 Å². The van der Waals surface area contributed by atoms with Crippen LogP contribution in [0.4, 0.5) is 5.82 Å². The standard InChI is InChI=1S/C17H23N5O2S/c1-24-14-5-3-4-13-15(14)19-12-20-16(13)21-8-6-17(7-9-21)10-22(11-17)25(2,18)23/h3-5,12,18H,6-11H2,1-2H3. The van der Waals surface area contributed by atoms with Gasteiger partial charge in [0.25, 0.3) is 0 Å². The first kappa shape index (κ1) is 16.5. The summed E-state index contributed by atoms with van der Waals surface area (Å²) in [5, 5.41) is 1.01. The number of piperidine rings is 1. The molecule has 134 valence electrons. The predicted octanol–water partition coefficient (Wildman–Crippen LogP) is 2.13. The van der Waals surface area contributed by atoms with Crippen molar-refractivity contribution in [2.24, 2.45) is 5.41 Å². The van der Waals surface area contributed by atoms with Crippen molar-refractivity contribution in [2.45, 2.75) is 12.8 Å². The van der Waals surface area contributed by atoms with Gasteiger partial charge < -0.3 is 9.64 Å². The molecule has 2 aliphatic rings. The maximum absolute atomic E-state index is 11.8. The van der Waals surface area contributed by atoms with E-state index in [4.69, 9.17) is 9.52 Å². The molecule has 1 aromatic carbocycles. The predicted molar refractivity (Wildman–Crippen MR) is 98.3 cm³/mol. The van der Waals surface area contributed by atoms with Crippen LogP contribution in [0.15, 0.2) is 24.5 Å². The third-order valence-corrected chi connectivity index (χ3v) is 6.71. The fourth-order valence-corrected chi connectivity index (χ4v) is 4.96. The van der Waals surface area contributed by atoms with Crippen molar-refractivity contribution in [1.29, 1.82) is 4.78 Å². The number of hydrogen-bond acceptors (Lipinski definition) is 6. The van der Waals surface area contributed by atoms with E-state index in [0.29, 0.717) is 0 Å². The summed E-state index contributed by atoms with van der Waals surface area (Å²) in [5.74, 6) is 1.71. The third-order valence-electron chi connectivity index (χ3n) is 5.47. The minimum atomic E-state index is -2.56. The molecular weight excluding hydrogens is 338 g/mol. The van der Waals surface area contributed by atoms with Gasteiger partial charge in [0.1, 0.15) is 33.3 Å². The number of anilines is 1. The molecule has 3 heterocycles. The second kappa shape index (κ2) is 5.81. The van der Waals surface area contributed by atoms with Crippen LogP contribution in [-0.4, -0.2) is 58.0 Å². The van der Waals surface area contributed by atoms with Crippen molar-refractivity contribution in [3.8, 4) is 5.75 Å². The van der Waals surface area contributed by atoms with Gasteiger partial charge in [0, 0.05) is 43.2 Å². The topological polar surface area (TPSA) is 82.4 Å². The molecule has 2 aromatic rings. The molecule has 1 N–H and O–H groups in total. The van der Waals surface area contributed by atoms with E-state index in [9.17, 15) is 4.21 Å². The Morgan fingerprint density at radius 3 is 2.60 bits per heavy atom. The highest BCUT2D eigenvalue weighted by atomic mass is 32.2. The van der Waals surface area contributed by atoms with E-state index in [1.54, 1.807) is 17.7 Å². The van der Waals surface area contributed by atoms with Crippen LogP contribution < -0.4 is 9.64 Å². The maximum Gasteiger partial charge on any atom is 0.145 e. The monoisotopic (exact) mass is 361 g/mol. The molecule has 0 aliphatic carbocycles. The molecule has 4 rings (SSSR count). The van der Waals surface area contributed by atoms with Crippen molar-refractivity contribution in [3.05, 3.63) is 24.5 Å². The summed E-state index contributed by atoms with van der Waals surface area (Å²) in [5.41, 5.74) is 1.06. The summed E-state index contributed by atoms with van der Waals surface area (Å²) < 4.78 is 26.8. The largest absolute Gasteiger partial charge is 0.494 e. The number of ether oxygens (including phenoxy) is 1. The molecule has 1 unspecified atom stereocenters. The van der Waals surface area contributed by atoms with Crippen LogP contribution in [0.25, 0.3) is 10.9 Å². The lowest BCUT2D eigenvalue weighted by Crippen LogP contribution is -2.61. The van der Waals surface area contributed by atoms with Gasteiger partial charge >= 0.3 is 0 Å². The summed E-state index contributed by atoms with van der Waals surface area (Å²) in [4.78, 5) is 11.2. The summed E-state index contributed by atoms with van der Waals surface area (Å²) in [6, 6.07) is 5.92. The van der Waals surface area contributed by atoms with Gasteiger partial charge in [0.2, 0.25) is 0 Å². The second-order valence-electron chi connectivity index (χ2n) is 7.14. The van der Waals surface area contributed by atoms with E-state index < -0.39 is 9.92 Å². The number of aromatic nitrogens is 2. The van der Waals surface area contributed by atoms with Crippen molar-refractivity contribution in [2.75, 3.05) is 44.4 Å². The molecule has 7 nitrogen and oxygen atoms in total. The van der Waals surface area contributed by atoms with Crippen LogP contribution in [0.5, 0.6) is 5.75 Å². The highest BCUT2D eigenvalue weighted by Gasteiger charge is 2.47.